The number of hydrogen-bond acceptors (Lipinski definition) is 15. The predicted octanol–water partition coefficient (Wildman–Crippen LogP) is 21.4. The van der Waals surface area contributed by atoms with Gasteiger partial charge >= 0.3 is 39.5 Å². The molecule has 2 unspecified atom stereocenters. The second-order valence-corrected chi connectivity index (χ2v) is 29.2. The van der Waals surface area contributed by atoms with Crippen molar-refractivity contribution >= 4 is 39.5 Å². The summed E-state index contributed by atoms with van der Waals surface area (Å²) in [5.74, 6) is -2.12. The Morgan fingerprint density at radius 1 is 0.261 bits per heavy atom. The molecule has 92 heavy (non-hydrogen) atoms. The van der Waals surface area contributed by atoms with E-state index in [1.165, 1.54) is 212 Å². The molecular weight excluding hydrogens is 1210 g/mol. The van der Waals surface area contributed by atoms with Crippen LogP contribution in [-0.2, 0) is 65.4 Å². The van der Waals surface area contributed by atoms with Gasteiger partial charge in [-0.05, 0) is 25.7 Å². The maximum atomic E-state index is 13.0. The van der Waals surface area contributed by atoms with Crippen LogP contribution >= 0.6 is 15.6 Å². The molecule has 0 aromatic carbocycles. The van der Waals surface area contributed by atoms with Crippen LogP contribution in [0.25, 0.3) is 0 Å². The average Bonchev–Trinajstić information content (AvgIpc) is 2.78. The molecule has 5 atom stereocenters. The van der Waals surface area contributed by atoms with Gasteiger partial charge < -0.3 is 33.8 Å². The van der Waals surface area contributed by atoms with Crippen LogP contribution in [0.3, 0.4) is 0 Å². The standard InChI is InChI=1S/C73H142O17P2/c1-5-9-13-17-21-25-28-30-31-32-33-34-35-36-37-38-39-41-44-48-52-56-60-73(78)90-69(64-84-71(76)58-54-50-46-43-40-29-26-22-18-14-10-6-2)66-88-92(81,82)86-62-67(74)61-85-91(79,80)87-65-68(63-83-70(75)57-53-49-45-24-20-16-12-8-4)89-72(77)59-55-51-47-42-27-23-19-15-11-7-3/h67-69,74H,5-66H2,1-4H3,(H,79,80)(H,81,82)/t67-,68+,69+/m0/s1. The van der Waals surface area contributed by atoms with Gasteiger partial charge in [0, 0.05) is 25.7 Å². The normalized spacial score (nSPS) is 13.9. The molecule has 0 rings (SSSR count). The lowest BCUT2D eigenvalue weighted by atomic mass is 10.0. The third kappa shape index (κ3) is 66.7. The number of phosphoric ester groups is 2. The van der Waals surface area contributed by atoms with Crippen LogP contribution in [-0.4, -0.2) is 96.7 Å². The second-order valence-electron chi connectivity index (χ2n) is 26.3. The minimum absolute atomic E-state index is 0.107. The van der Waals surface area contributed by atoms with Crippen molar-refractivity contribution in [3.8, 4) is 0 Å². The Balaban J connectivity index is 5.13. The smallest absolute Gasteiger partial charge is 0.462 e. The zero-order chi connectivity index (χ0) is 67.5. The minimum atomic E-state index is -4.95. The molecule has 0 aliphatic carbocycles. The quantitative estimate of drug-likeness (QED) is 0.0222. The van der Waals surface area contributed by atoms with Gasteiger partial charge in [0.05, 0.1) is 26.4 Å². The number of ether oxygens (including phenoxy) is 4. The monoisotopic (exact) mass is 1350 g/mol. The number of aliphatic hydroxyl groups excluding tert-OH is 1. The van der Waals surface area contributed by atoms with Gasteiger partial charge in [-0.3, -0.25) is 37.3 Å². The molecule has 0 heterocycles. The number of unbranched alkanes of at least 4 members (excludes halogenated alkanes) is 48. The Morgan fingerprint density at radius 2 is 0.435 bits per heavy atom. The number of carbonyl (C=O) groups excluding carboxylic acids is 4. The molecular formula is C73H142O17P2. The van der Waals surface area contributed by atoms with Gasteiger partial charge in [0.2, 0.25) is 0 Å². The molecule has 0 aromatic heterocycles. The molecule has 0 aliphatic heterocycles. The van der Waals surface area contributed by atoms with E-state index in [4.69, 9.17) is 37.0 Å². The van der Waals surface area contributed by atoms with Gasteiger partial charge in [-0.25, -0.2) is 9.13 Å². The number of aliphatic hydroxyl groups is 1. The van der Waals surface area contributed by atoms with E-state index in [9.17, 15) is 43.2 Å². The van der Waals surface area contributed by atoms with Crippen LogP contribution in [0.15, 0.2) is 0 Å². The lowest BCUT2D eigenvalue weighted by Gasteiger charge is -2.21. The van der Waals surface area contributed by atoms with E-state index >= 15 is 0 Å². The van der Waals surface area contributed by atoms with Crippen molar-refractivity contribution in [2.24, 2.45) is 0 Å². The van der Waals surface area contributed by atoms with Crippen molar-refractivity contribution in [2.45, 2.75) is 406 Å². The van der Waals surface area contributed by atoms with Crippen molar-refractivity contribution in [1.82, 2.24) is 0 Å². The molecule has 17 nitrogen and oxygen atoms in total. The largest absolute Gasteiger partial charge is 0.472 e. The van der Waals surface area contributed by atoms with Crippen LogP contribution in [0, 0.1) is 0 Å². The zero-order valence-electron chi connectivity index (χ0n) is 59.5. The van der Waals surface area contributed by atoms with Gasteiger partial charge in [0.15, 0.2) is 12.2 Å². The summed E-state index contributed by atoms with van der Waals surface area (Å²) >= 11 is 0. The van der Waals surface area contributed by atoms with E-state index < -0.39 is 97.5 Å². The third-order valence-electron chi connectivity index (χ3n) is 17.1. The molecule has 0 amide bonds. The highest BCUT2D eigenvalue weighted by Crippen LogP contribution is 2.45. The van der Waals surface area contributed by atoms with E-state index in [1.807, 2.05) is 0 Å². The Morgan fingerprint density at radius 3 is 0.641 bits per heavy atom. The predicted molar refractivity (Wildman–Crippen MR) is 372 cm³/mol. The molecule has 3 N–H and O–H groups in total. The van der Waals surface area contributed by atoms with Crippen molar-refractivity contribution in [3.63, 3.8) is 0 Å². The molecule has 0 saturated carbocycles. The van der Waals surface area contributed by atoms with Gasteiger partial charge in [0.25, 0.3) is 0 Å². The number of rotatable bonds is 74. The number of esters is 4. The molecule has 0 fully saturated rings. The van der Waals surface area contributed by atoms with Crippen LogP contribution in [0.2, 0.25) is 0 Å². The zero-order valence-corrected chi connectivity index (χ0v) is 61.3. The van der Waals surface area contributed by atoms with Crippen LogP contribution in [0.5, 0.6) is 0 Å². The van der Waals surface area contributed by atoms with Crippen molar-refractivity contribution in [1.29, 1.82) is 0 Å². The number of carbonyl (C=O) groups is 4. The van der Waals surface area contributed by atoms with Crippen LogP contribution < -0.4 is 0 Å². The third-order valence-corrected chi connectivity index (χ3v) is 19.0. The lowest BCUT2D eigenvalue weighted by Crippen LogP contribution is -2.30. The number of hydrogen-bond donors (Lipinski definition) is 3. The van der Waals surface area contributed by atoms with E-state index in [2.05, 4.69) is 27.7 Å². The van der Waals surface area contributed by atoms with Gasteiger partial charge in [0.1, 0.15) is 19.3 Å². The Kier molecular flexibility index (Phi) is 66.2. The SMILES string of the molecule is CCCCCCCCCCCCCCCCCCCCCCCCC(=O)O[C@H](COC(=O)CCCCCCCCCCCCCC)COP(=O)(O)OC[C@@H](O)COP(=O)(O)OC[C@@H](COC(=O)CCCCCCCCCC)OC(=O)CCCCCCCCCCCC. The first kappa shape index (κ1) is 90.1. The topological polar surface area (TPSA) is 237 Å². The summed E-state index contributed by atoms with van der Waals surface area (Å²) in [6, 6.07) is 0. The highest BCUT2D eigenvalue weighted by molar-refractivity contribution is 7.47. The van der Waals surface area contributed by atoms with E-state index in [-0.39, 0.29) is 25.7 Å². The van der Waals surface area contributed by atoms with Crippen molar-refractivity contribution < 1.29 is 80.2 Å². The molecule has 546 valence electrons. The Labute approximate surface area is 562 Å². The summed E-state index contributed by atoms with van der Waals surface area (Å²) in [7, 11) is -9.89. The number of phosphoric acid groups is 2. The molecule has 0 radical (unpaired) electrons. The maximum Gasteiger partial charge on any atom is 0.472 e. The summed E-state index contributed by atoms with van der Waals surface area (Å²) in [5, 5.41) is 10.6. The van der Waals surface area contributed by atoms with E-state index in [0.717, 1.165) is 96.3 Å². The molecule has 0 spiro atoms. The summed E-state index contributed by atoms with van der Waals surface area (Å²) in [6.45, 7) is 4.92. The fourth-order valence-corrected chi connectivity index (χ4v) is 12.8. The van der Waals surface area contributed by atoms with E-state index in [0.29, 0.717) is 25.7 Å². The average molecular weight is 1350 g/mol. The summed E-state index contributed by atoms with van der Waals surface area (Å²) in [5.41, 5.74) is 0. The molecule has 0 aromatic rings. The minimum Gasteiger partial charge on any atom is -0.462 e. The van der Waals surface area contributed by atoms with Gasteiger partial charge in [-0.15, -0.1) is 0 Å². The molecule has 0 saturated heterocycles. The molecule has 0 bridgehead atoms. The first-order valence-electron chi connectivity index (χ1n) is 38.3. The van der Waals surface area contributed by atoms with Gasteiger partial charge in [-0.2, -0.15) is 0 Å². The van der Waals surface area contributed by atoms with Crippen molar-refractivity contribution in [2.75, 3.05) is 39.6 Å². The summed E-state index contributed by atoms with van der Waals surface area (Å²) < 4.78 is 68.3. The fourth-order valence-electron chi connectivity index (χ4n) is 11.2. The molecule has 19 heteroatoms. The highest BCUT2D eigenvalue weighted by Gasteiger charge is 2.30. The first-order chi connectivity index (χ1) is 44.7. The van der Waals surface area contributed by atoms with Crippen molar-refractivity contribution in [3.05, 3.63) is 0 Å². The summed E-state index contributed by atoms with van der Waals surface area (Å²) in [4.78, 5) is 72.5. The Bertz CT molecular complexity index is 1760. The first-order valence-corrected chi connectivity index (χ1v) is 41.3. The summed E-state index contributed by atoms with van der Waals surface area (Å²) in [6.07, 6.45) is 57.1. The lowest BCUT2D eigenvalue weighted by molar-refractivity contribution is -0.161. The highest BCUT2D eigenvalue weighted by atomic mass is 31.2. The van der Waals surface area contributed by atoms with Gasteiger partial charge in [-0.1, -0.05) is 336 Å². The Hall–Kier alpha value is -1.94. The van der Waals surface area contributed by atoms with Crippen LogP contribution in [0.4, 0.5) is 0 Å². The van der Waals surface area contributed by atoms with Crippen LogP contribution in [0.1, 0.15) is 387 Å². The molecule has 0 aliphatic rings. The second kappa shape index (κ2) is 67.6. The maximum absolute atomic E-state index is 13.0. The fraction of sp³-hybridized carbons (Fsp3) is 0.945. The van der Waals surface area contributed by atoms with E-state index in [1.54, 1.807) is 0 Å².